The third-order valence-corrected chi connectivity index (χ3v) is 3.79. The first kappa shape index (κ1) is 19.0. The maximum Gasteiger partial charge on any atom is 0.342 e. The first-order chi connectivity index (χ1) is 13.6. The van der Waals surface area contributed by atoms with Crippen LogP contribution in [0.1, 0.15) is 10.4 Å². The predicted octanol–water partition coefficient (Wildman–Crippen LogP) is 0.839. The number of para-hydroxylation sites is 3. The monoisotopic (exact) mass is 386 g/mol. The quantitative estimate of drug-likeness (QED) is 0.578. The van der Waals surface area contributed by atoms with Crippen LogP contribution in [0.5, 0.6) is 17.2 Å². The number of rotatable bonds is 5. The maximum atomic E-state index is 12.1. The van der Waals surface area contributed by atoms with E-state index in [4.69, 9.17) is 18.9 Å². The van der Waals surface area contributed by atoms with Gasteiger partial charge >= 0.3 is 5.97 Å². The SMILES string of the molecule is COc1ccccc1C(=O)OCC(=O)NNC(=O)[C@@H]1COc2ccccc2O1. The van der Waals surface area contributed by atoms with E-state index in [9.17, 15) is 14.4 Å². The van der Waals surface area contributed by atoms with Crippen LogP contribution in [0.25, 0.3) is 0 Å². The van der Waals surface area contributed by atoms with Crippen LogP contribution in [0.3, 0.4) is 0 Å². The largest absolute Gasteiger partial charge is 0.496 e. The van der Waals surface area contributed by atoms with Crippen molar-refractivity contribution in [2.45, 2.75) is 6.10 Å². The van der Waals surface area contributed by atoms with Crippen molar-refractivity contribution >= 4 is 17.8 Å². The minimum absolute atomic E-state index is 0.00149. The van der Waals surface area contributed by atoms with E-state index >= 15 is 0 Å². The molecule has 9 heteroatoms. The maximum absolute atomic E-state index is 12.1. The molecule has 2 amide bonds. The van der Waals surface area contributed by atoms with Gasteiger partial charge in [0, 0.05) is 0 Å². The van der Waals surface area contributed by atoms with E-state index in [1.807, 2.05) is 0 Å². The molecule has 1 heterocycles. The summed E-state index contributed by atoms with van der Waals surface area (Å²) < 4.78 is 20.9. The fourth-order valence-corrected chi connectivity index (χ4v) is 2.42. The molecule has 0 aliphatic carbocycles. The Labute approximate surface area is 160 Å². The van der Waals surface area contributed by atoms with Gasteiger partial charge in [-0.25, -0.2) is 4.79 Å². The van der Waals surface area contributed by atoms with Crippen molar-refractivity contribution in [2.75, 3.05) is 20.3 Å². The summed E-state index contributed by atoms with van der Waals surface area (Å²) >= 11 is 0. The van der Waals surface area contributed by atoms with Crippen LogP contribution in [-0.2, 0) is 14.3 Å². The summed E-state index contributed by atoms with van der Waals surface area (Å²) in [5.41, 5.74) is 4.55. The molecule has 1 aliphatic heterocycles. The molecule has 0 bridgehead atoms. The highest BCUT2D eigenvalue weighted by Gasteiger charge is 2.27. The molecule has 9 nitrogen and oxygen atoms in total. The van der Waals surface area contributed by atoms with Crippen molar-refractivity contribution in [3.8, 4) is 17.2 Å². The number of benzene rings is 2. The topological polar surface area (TPSA) is 112 Å². The van der Waals surface area contributed by atoms with Gasteiger partial charge in [-0.3, -0.25) is 20.4 Å². The van der Waals surface area contributed by atoms with E-state index in [0.29, 0.717) is 17.2 Å². The molecule has 0 saturated heterocycles. The molecule has 0 fully saturated rings. The molecule has 2 aromatic carbocycles. The van der Waals surface area contributed by atoms with Crippen LogP contribution in [0.15, 0.2) is 48.5 Å². The van der Waals surface area contributed by atoms with Crippen molar-refractivity contribution in [2.24, 2.45) is 0 Å². The Morgan fingerprint density at radius 3 is 2.54 bits per heavy atom. The lowest BCUT2D eigenvalue weighted by atomic mass is 10.2. The first-order valence-corrected chi connectivity index (χ1v) is 8.36. The van der Waals surface area contributed by atoms with E-state index in [1.54, 1.807) is 42.5 Å². The van der Waals surface area contributed by atoms with E-state index in [2.05, 4.69) is 10.9 Å². The highest BCUT2D eigenvalue weighted by molar-refractivity contribution is 5.94. The van der Waals surface area contributed by atoms with Crippen molar-refractivity contribution in [1.29, 1.82) is 0 Å². The van der Waals surface area contributed by atoms with Crippen LogP contribution < -0.4 is 25.1 Å². The second-order valence-electron chi connectivity index (χ2n) is 5.68. The molecule has 0 unspecified atom stereocenters. The van der Waals surface area contributed by atoms with E-state index in [1.165, 1.54) is 13.2 Å². The predicted molar refractivity (Wildman–Crippen MR) is 95.9 cm³/mol. The molecular formula is C19H18N2O7. The van der Waals surface area contributed by atoms with Gasteiger partial charge in [-0.1, -0.05) is 24.3 Å². The van der Waals surface area contributed by atoms with Gasteiger partial charge in [0.15, 0.2) is 18.1 Å². The van der Waals surface area contributed by atoms with Gasteiger partial charge in [0.1, 0.15) is 17.9 Å². The fraction of sp³-hybridized carbons (Fsp3) is 0.211. The number of hydrazine groups is 1. The van der Waals surface area contributed by atoms with Crippen molar-refractivity contribution in [3.05, 3.63) is 54.1 Å². The van der Waals surface area contributed by atoms with Gasteiger partial charge in [0.2, 0.25) is 6.10 Å². The van der Waals surface area contributed by atoms with Crippen LogP contribution in [0, 0.1) is 0 Å². The zero-order chi connectivity index (χ0) is 19.9. The number of hydrogen-bond acceptors (Lipinski definition) is 7. The molecule has 1 atom stereocenters. The average Bonchev–Trinajstić information content (AvgIpc) is 2.75. The highest BCUT2D eigenvalue weighted by atomic mass is 16.6. The summed E-state index contributed by atoms with van der Waals surface area (Å²) in [5.74, 6) is -0.729. The molecule has 2 aromatic rings. The normalized spacial score (nSPS) is 14.5. The molecule has 0 aromatic heterocycles. The van der Waals surface area contributed by atoms with Crippen LogP contribution in [0.2, 0.25) is 0 Å². The lowest BCUT2D eigenvalue weighted by Gasteiger charge is -2.25. The molecule has 28 heavy (non-hydrogen) atoms. The third kappa shape index (κ3) is 4.50. The number of nitrogens with one attached hydrogen (secondary N) is 2. The second-order valence-corrected chi connectivity index (χ2v) is 5.68. The van der Waals surface area contributed by atoms with Crippen LogP contribution >= 0.6 is 0 Å². The minimum atomic E-state index is -0.925. The van der Waals surface area contributed by atoms with E-state index < -0.39 is 30.5 Å². The number of carbonyl (C=O) groups excluding carboxylic acids is 3. The Morgan fingerprint density at radius 2 is 1.75 bits per heavy atom. The van der Waals surface area contributed by atoms with Gasteiger partial charge in [-0.05, 0) is 24.3 Å². The summed E-state index contributed by atoms with van der Waals surface area (Å²) in [4.78, 5) is 35.9. The van der Waals surface area contributed by atoms with Gasteiger partial charge in [0.05, 0.1) is 7.11 Å². The van der Waals surface area contributed by atoms with Gasteiger partial charge in [-0.2, -0.15) is 0 Å². The molecular weight excluding hydrogens is 368 g/mol. The van der Waals surface area contributed by atoms with E-state index in [0.717, 1.165) is 0 Å². The summed E-state index contributed by atoms with van der Waals surface area (Å²) in [5, 5.41) is 0. The van der Waals surface area contributed by atoms with E-state index in [-0.39, 0.29) is 12.2 Å². The zero-order valence-corrected chi connectivity index (χ0v) is 15.0. The van der Waals surface area contributed by atoms with Crippen molar-refractivity contribution < 1.29 is 33.3 Å². The van der Waals surface area contributed by atoms with Crippen molar-refractivity contribution in [1.82, 2.24) is 10.9 Å². The fourth-order valence-electron chi connectivity index (χ4n) is 2.42. The molecule has 0 radical (unpaired) electrons. The Kier molecular flexibility index (Phi) is 5.95. The van der Waals surface area contributed by atoms with Gasteiger partial charge in [0.25, 0.3) is 11.8 Å². The molecule has 146 valence electrons. The van der Waals surface area contributed by atoms with Gasteiger partial charge in [-0.15, -0.1) is 0 Å². The number of methoxy groups -OCH3 is 1. The Morgan fingerprint density at radius 1 is 1.04 bits per heavy atom. The zero-order valence-electron chi connectivity index (χ0n) is 15.0. The molecule has 2 N–H and O–H groups in total. The molecule has 0 saturated carbocycles. The minimum Gasteiger partial charge on any atom is -0.496 e. The lowest BCUT2D eigenvalue weighted by molar-refractivity contribution is -0.135. The molecule has 1 aliphatic rings. The smallest absolute Gasteiger partial charge is 0.342 e. The standard InChI is InChI=1S/C19H18N2O7/c1-25-13-7-3-2-6-12(13)19(24)27-11-17(22)20-21-18(23)16-10-26-14-8-4-5-9-15(14)28-16/h2-9,16H,10-11H2,1H3,(H,20,22)(H,21,23)/t16-/m0/s1. The number of amides is 2. The number of hydrogen-bond donors (Lipinski definition) is 2. The first-order valence-electron chi connectivity index (χ1n) is 8.36. The van der Waals surface area contributed by atoms with Gasteiger partial charge < -0.3 is 18.9 Å². The molecule has 0 spiro atoms. The summed E-state index contributed by atoms with van der Waals surface area (Å²) in [6.45, 7) is -0.580. The third-order valence-electron chi connectivity index (χ3n) is 3.79. The Hall–Kier alpha value is -3.75. The van der Waals surface area contributed by atoms with Crippen LogP contribution in [-0.4, -0.2) is 44.2 Å². The Bertz CT molecular complexity index is 884. The van der Waals surface area contributed by atoms with Crippen molar-refractivity contribution in [3.63, 3.8) is 0 Å². The number of esters is 1. The summed E-state index contributed by atoms with van der Waals surface area (Å²) in [6, 6.07) is 13.4. The molecule has 3 rings (SSSR count). The summed E-state index contributed by atoms with van der Waals surface area (Å²) in [6.07, 6.45) is -0.925. The number of carbonyl (C=O) groups is 3. The van der Waals surface area contributed by atoms with Crippen LogP contribution in [0.4, 0.5) is 0 Å². The Balaban J connectivity index is 1.44. The highest BCUT2D eigenvalue weighted by Crippen LogP contribution is 2.30. The summed E-state index contributed by atoms with van der Waals surface area (Å²) in [7, 11) is 1.42. The number of fused-ring (bicyclic) bond motifs is 1. The second kappa shape index (κ2) is 8.76. The number of ether oxygens (including phenoxy) is 4. The lowest BCUT2D eigenvalue weighted by Crippen LogP contribution is -2.51. The average molecular weight is 386 g/mol.